The second-order valence-electron chi connectivity index (χ2n) is 30.2. The quantitative estimate of drug-likeness (QED) is 0.159. The van der Waals surface area contributed by atoms with Gasteiger partial charge in [-0.1, -0.05) is 209 Å². The first kappa shape index (κ1) is 53.7. The summed E-state index contributed by atoms with van der Waals surface area (Å²) in [6.07, 6.45) is 4.74. The molecule has 1 saturated carbocycles. The third-order valence-corrected chi connectivity index (χ3v) is 20.9. The lowest BCUT2D eigenvalue weighted by Crippen LogP contribution is -2.64. The highest BCUT2D eigenvalue weighted by atomic mass is 32.1. The van der Waals surface area contributed by atoms with E-state index in [1.54, 1.807) is 5.56 Å². The van der Waals surface area contributed by atoms with Crippen LogP contribution in [0.15, 0.2) is 152 Å². The summed E-state index contributed by atoms with van der Waals surface area (Å²) < 4.78 is 2.71. The Labute approximate surface area is 489 Å². The van der Waals surface area contributed by atoms with Gasteiger partial charge in [0.2, 0.25) is 0 Å². The minimum atomic E-state index is -0.178. The Morgan fingerprint density at radius 2 is 1.00 bits per heavy atom. The lowest BCUT2D eigenvalue weighted by molar-refractivity contribution is 0.195. The molecule has 0 N–H and O–H groups in total. The van der Waals surface area contributed by atoms with Crippen molar-refractivity contribution in [2.75, 3.05) is 14.7 Å². The number of hydrogen-bond donors (Lipinski definition) is 0. The topological polar surface area (TPSA) is 9.72 Å². The third kappa shape index (κ3) is 8.31. The molecule has 0 bridgehead atoms. The molecule has 4 aliphatic rings. The van der Waals surface area contributed by atoms with Crippen molar-refractivity contribution >= 4 is 100 Å². The van der Waals surface area contributed by atoms with E-state index in [2.05, 4.69) is 284 Å². The second-order valence-corrected chi connectivity index (χ2v) is 31.3. The van der Waals surface area contributed by atoms with Crippen molar-refractivity contribution < 1.29 is 0 Å². The molecule has 4 heterocycles. The van der Waals surface area contributed by atoms with Gasteiger partial charge in [-0.25, -0.2) is 0 Å². The zero-order valence-corrected chi connectivity index (χ0v) is 52.4. The van der Waals surface area contributed by atoms with E-state index in [0.717, 1.165) is 29.9 Å². The van der Waals surface area contributed by atoms with Crippen molar-refractivity contribution in [1.82, 2.24) is 0 Å². The summed E-state index contributed by atoms with van der Waals surface area (Å²) >= 11 is 1.97. The predicted molar refractivity (Wildman–Crippen MR) is 355 cm³/mol. The Morgan fingerprint density at radius 1 is 0.457 bits per heavy atom. The molecule has 1 aromatic heterocycles. The van der Waals surface area contributed by atoms with Crippen molar-refractivity contribution in [2.24, 2.45) is 0 Å². The first-order valence-electron chi connectivity index (χ1n) is 30.2. The van der Waals surface area contributed by atoms with Crippen LogP contribution in [-0.2, 0) is 32.5 Å². The maximum absolute atomic E-state index is 2.94. The number of benzene rings is 8. The molecule has 0 radical (unpaired) electrons. The Bertz CT molecular complexity index is 3940. The Balaban J connectivity index is 1.22. The van der Waals surface area contributed by atoms with Crippen LogP contribution < -0.4 is 31.1 Å². The van der Waals surface area contributed by atoms with Crippen LogP contribution in [0.5, 0.6) is 0 Å². The average molecular weight is 1080 g/mol. The summed E-state index contributed by atoms with van der Waals surface area (Å²) in [6, 6.07) is 60.5. The summed E-state index contributed by atoms with van der Waals surface area (Å²) in [4.78, 5) is 8.24. The fourth-order valence-corrected chi connectivity index (χ4v) is 15.9. The summed E-state index contributed by atoms with van der Waals surface area (Å²) in [5.74, 6) is 0. The van der Waals surface area contributed by atoms with E-state index in [9.17, 15) is 0 Å². The molecule has 3 nitrogen and oxygen atoms in total. The lowest BCUT2D eigenvalue weighted by Gasteiger charge is -2.53. The van der Waals surface area contributed by atoms with Gasteiger partial charge < -0.3 is 14.7 Å². The summed E-state index contributed by atoms with van der Waals surface area (Å²) in [6.45, 7) is 40.6. The van der Waals surface area contributed by atoms with E-state index in [0.29, 0.717) is 0 Å². The Kier molecular flexibility index (Phi) is 11.9. The molecule has 0 amide bonds. The van der Waals surface area contributed by atoms with Crippen molar-refractivity contribution in [1.29, 1.82) is 0 Å². The molecule has 412 valence electrons. The van der Waals surface area contributed by atoms with Crippen LogP contribution in [0.4, 0.5) is 45.5 Å². The third-order valence-electron chi connectivity index (χ3n) is 19.8. The molecular weight excluding hydrogens is 998 g/mol. The molecule has 0 saturated heterocycles. The zero-order chi connectivity index (χ0) is 57.3. The highest BCUT2D eigenvalue weighted by molar-refractivity contribution is 7.26. The first-order chi connectivity index (χ1) is 38.1. The van der Waals surface area contributed by atoms with E-state index in [-0.39, 0.29) is 44.7 Å². The van der Waals surface area contributed by atoms with E-state index < -0.39 is 0 Å². The molecule has 13 rings (SSSR count). The van der Waals surface area contributed by atoms with Gasteiger partial charge in [-0.05, 0) is 180 Å². The van der Waals surface area contributed by atoms with Crippen molar-refractivity contribution in [3.05, 3.63) is 185 Å². The van der Waals surface area contributed by atoms with Gasteiger partial charge in [-0.2, -0.15) is 0 Å². The van der Waals surface area contributed by atoms with Gasteiger partial charge in [0.05, 0.1) is 16.9 Å². The van der Waals surface area contributed by atoms with Crippen LogP contribution in [0, 0.1) is 0 Å². The number of nitrogens with zero attached hydrogens (tertiary/aromatic N) is 3. The molecule has 8 aromatic carbocycles. The van der Waals surface area contributed by atoms with Crippen molar-refractivity contribution in [3.8, 4) is 11.1 Å². The van der Waals surface area contributed by atoms with E-state index in [4.69, 9.17) is 0 Å². The lowest BCUT2D eigenvalue weighted by atomic mass is 9.32. The fourth-order valence-electron chi connectivity index (χ4n) is 14.7. The van der Waals surface area contributed by atoms with Gasteiger partial charge in [-0.3, -0.25) is 0 Å². The molecule has 81 heavy (non-hydrogen) atoms. The number of thiophene rings is 1. The van der Waals surface area contributed by atoms with Gasteiger partial charge in [0, 0.05) is 54.5 Å². The number of hydrogen-bond acceptors (Lipinski definition) is 4. The SMILES string of the molecule is CC(C)(C)c1ccc(N(c2ccc(C(C)(C)C)cc2)c2cc3c4c(c2)N2c5c(cc(C(C)(C)C)cc5C5(C)CCCCC25C)B4c2c(ccc4sc5cc(C(C)(C)C)ccc5c24)N3c2ccc(C(C)(C)C)cc2-c2ccccc2)cc1. The minimum Gasteiger partial charge on any atom is -0.335 e. The fraction of sp³-hybridized carbons (Fsp3) is 0.368. The van der Waals surface area contributed by atoms with Gasteiger partial charge >= 0.3 is 0 Å². The van der Waals surface area contributed by atoms with Crippen molar-refractivity contribution in [3.63, 3.8) is 0 Å². The number of anilines is 8. The largest absolute Gasteiger partial charge is 0.335 e. The molecule has 3 aliphatic heterocycles. The Morgan fingerprint density at radius 3 is 1.60 bits per heavy atom. The average Bonchev–Trinajstić information content (AvgIpc) is 1.72. The highest BCUT2D eigenvalue weighted by Crippen LogP contribution is 2.63. The standard InChI is InChI=1S/C76H84BN3S/c1-70(2,3)48-25-31-53(32-26-48)78(54-33-27-49(28-34-54)71(4,5)6)55-45-62-67-63(46-55)80-69-58(75(16)39-21-22-40-76(75,80)17)42-52(74(13,14)15)43-59(69)77(67)68-61(37-38-64-66(68)56-35-29-51(73(10,11)12)44-65(56)81-64)79(62)60-36-30-50(72(7,8)9)41-57(60)47-23-19-18-20-24-47/h18-20,23-38,41-46H,21-22,39-40H2,1-17H3. The minimum absolute atomic E-state index is 0.0134. The smallest absolute Gasteiger partial charge is 0.253 e. The van der Waals surface area contributed by atoms with Gasteiger partial charge in [0.25, 0.3) is 6.71 Å². The molecule has 5 heteroatoms. The maximum atomic E-state index is 2.94. The van der Waals surface area contributed by atoms with Gasteiger partial charge in [0.15, 0.2) is 0 Å². The normalized spacial score (nSPS) is 18.8. The molecule has 1 fully saturated rings. The predicted octanol–water partition coefficient (Wildman–Crippen LogP) is 20.0. The molecule has 1 aliphatic carbocycles. The summed E-state index contributed by atoms with van der Waals surface area (Å²) in [5, 5.41) is 2.75. The number of fused-ring (bicyclic) bond motifs is 11. The van der Waals surface area contributed by atoms with Crippen LogP contribution in [0.3, 0.4) is 0 Å². The van der Waals surface area contributed by atoms with Crippen LogP contribution in [0.25, 0.3) is 31.3 Å². The van der Waals surface area contributed by atoms with E-state index >= 15 is 0 Å². The Hall–Kier alpha value is -6.56. The molecule has 2 atom stereocenters. The van der Waals surface area contributed by atoms with E-state index in [1.165, 1.54) is 117 Å². The van der Waals surface area contributed by atoms with Crippen LogP contribution in [0.1, 0.15) is 177 Å². The zero-order valence-electron chi connectivity index (χ0n) is 51.6. The second kappa shape index (κ2) is 18.0. The maximum Gasteiger partial charge on any atom is 0.253 e. The molecule has 9 aromatic rings. The molecule has 0 spiro atoms. The summed E-state index contributed by atoms with van der Waals surface area (Å²) in [7, 11) is 0. The van der Waals surface area contributed by atoms with Crippen LogP contribution >= 0.6 is 11.3 Å². The van der Waals surface area contributed by atoms with Crippen molar-refractivity contribution in [2.45, 2.75) is 181 Å². The van der Waals surface area contributed by atoms with E-state index in [1.807, 2.05) is 11.3 Å². The highest BCUT2D eigenvalue weighted by Gasteiger charge is 2.62. The van der Waals surface area contributed by atoms with Gasteiger partial charge in [0.1, 0.15) is 0 Å². The van der Waals surface area contributed by atoms with Gasteiger partial charge in [-0.15, -0.1) is 11.3 Å². The molecular formula is C76H84BN3S. The van der Waals surface area contributed by atoms with Crippen LogP contribution in [0.2, 0.25) is 0 Å². The van der Waals surface area contributed by atoms with Crippen LogP contribution in [-0.4, -0.2) is 12.3 Å². The number of rotatable bonds is 5. The molecule has 2 unspecified atom stereocenters. The first-order valence-corrected chi connectivity index (χ1v) is 31.1. The monoisotopic (exact) mass is 1080 g/mol. The summed E-state index contributed by atoms with van der Waals surface area (Å²) in [5.41, 5.74) is 24.8.